The Bertz CT molecular complexity index is 1050. The van der Waals surface area contributed by atoms with Crippen LogP contribution in [-0.2, 0) is 54.5 Å². The Morgan fingerprint density at radius 1 is 0.727 bits per heavy atom. The molecule has 2 aromatic heterocycles. The van der Waals surface area contributed by atoms with Crippen molar-refractivity contribution in [1.29, 1.82) is 0 Å². The summed E-state index contributed by atoms with van der Waals surface area (Å²) in [5, 5.41) is 2.37. The third-order valence-corrected chi connectivity index (χ3v) is 8.25. The monoisotopic (exact) mass is 704 g/mol. The Hall–Kier alpha value is -2.06. The number of nitrogens with one attached hydrogen (secondary N) is 1. The molecule has 2 aromatic rings. The van der Waals surface area contributed by atoms with Gasteiger partial charge in [-0.05, 0) is 24.4 Å². The van der Waals surface area contributed by atoms with E-state index in [1.807, 2.05) is 0 Å². The SMILES string of the molecule is CCCCCCCCCC(=O)CC(=O)Nc1cnccn1.CCCCCCCCCC(=O)Cl.Nc1cnccn1.S=S=S=S. The van der Waals surface area contributed by atoms with Gasteiger partial charge in [-0.3, -0.25) is 24.4 Å². The van der Waals surface area contributed by atoms with Gasteiger partial charge < -0.3 is 11.1 Å². The number of amides is 1. The summed E-state index contributed by atoms with van der Waals surface area (Å²) in [6.45, 7) is 4.41. The minimum absolute atomic E-state index is 0.00931. The maximum atomic E-state index is 11.7. The molecule has 0 spiro atoms. The Balaban J connectivity index is 0. The molecule has 0 aliphatic carbocycles. The molecule has 0 aliphatic rings. The van der Waals surface area contributed by atoms with E-state index in [1.165, 1.54) is 107 Å². The predicted molar refractivity (Wildman–Crippen MR) is 192 cm³/mol. The van der Waals surface area contributed by atoms with Crippen LogP contribution in [0.2, 0.25) is 0 Å². The van der Waals surface area contributed by atoms with Crippen LogP contribution < -0.4 is 11.1 Å². The van der Waals surface area contributed by atoms with Gasteiger partial charge in [-0.15, -0.1) is 0 Å². The third kappa shape index (κ3) is 36.1. The molecule has 0 radical (unpaired) electrons. The fourth-order valence-electron chi connectivity index (χ4n) is 3.63. The van der Waals surface area contributed by atoms with Crippen LogP contribution in [0.1, 0.15) is 123 Å². The van der Waals surface area contributed by atoms with Crippen LogP contribution in [0.4, 0.5) is 11.6 Å². The Morgan fingerprint density at radius 3 is 1.59 bits per heavy atom. The van der Waals surface area contributed by atoms with E-state index < -0.39 is 0 Å². The molecule has 248 valence electrons. The number of carbonyl (C=O) groups is 3. The van der Waals surface area contributed by atoms with Crippen molar-refractivity contribution in [2.24, 2.45) is 0 Å². The van der Waals surface area contributed by atoms with Crippen LogP contribution in [0.25, 0.3) is 0 Å². The first-order chi connectivity index (χ1) is 21.3. The van der Waals surface area contributed by atoms with E-state index in [1.54, 1.807) is 12.4 Å². The summed E-state index contributed by atoms with van der Waals surface area (Å²) in [5.74, 6) is 0.516. The van der Waals surface area contributed by atoms with E-state index in [-0.39, 0.29) is 23.4 Å². The van der Waals surface area contributed by atoms with Gasteiger partial charge in [0.2, 0.25) is 11.1 Å². The molecule has 0 saturated carbocycles. The van der Waals surface area contributed by atoms with Crippen molar-refractivity contribution < 1.29 is 14.4 Å². The zero-order valence-corrected chi connectivity index (χ0v) is 30.1. The number of nitrogens with zero attached hydrogens (tertiary/aromatic N) is 4. The van der Waals surface area contributed by atoms with Crippen LogP contribution in [0.3, 0.4) is 0 Å². The second-order valence-electron chi connectivity index (χ2n) is 9.72. The van der Waals surface area contributed by atoms with Gasteiger partial charge in [0.1, 0.15) is 11.6 Å². The Kier molecular flexibility index (Phi) is 35.5. The summed E-state index contributed by atoms with van der Waals surface area (Å²) < 4.78 is 0. The zero-order valence-electron chi connectivity index (χ0n) is 26.1. The molecule has 0 atom stereocenters. The lowest BCUT2D eigenvalue weighted by Crippen LogP contribution is -2.17. The number of aromatic nitrogens is 4. The second kappa shape index (κ2) is 35.4. The molecule has 2 rings (SSSR count). The number of Topliss-reactive ketones (excluding diaryl/α,β-unsaturated/α-hetero) is 1. The molecule has 0 aliphatic heterocycles. The number of rotatable bonds is 19. The lowest BCUT2D eigenvalue weighted by molar-refractivity contribution is -0.125. The molecule has 44 heavy (non-hydrogen) atoms. The number of nitrogen functional groups attached to an aromatic ring is 1. The number of ketones is 1. The van der Waals surface area contributed by atoms with Gasteiger partial charge in [0.15, 0.2) is 5.82 Å². The largest absolute Gasteiger partial charge is 0.382 e. The van der Waals surface area contributed by atoms with E-state index in [0.29, 0.717) is 24.5 Å². The highest BCUT2D eigenvalue weighted by molar-refractivity contribution is 8.51. The molecule has 0 bridgehead atoms. The standard InChI is InChI=1S/C16H25N3O2.C10H19ClO.C4H5N3.S4/c1-2-3-4-5-6-7-8-9-14(20)12-16(21)19-15-13-17-10-11-18-15;1-2-3-4-5-6-7-8-9-10(11)12;5-4-3-6-1-2-7-4;1-3-4-2/h10-11,13H,2-9,12H2,1H3,(H,18,19,21);2-9H2,1H3;1-3H,(H2,5,7);. The molecule has 9 nitrogen and oxygen atoms in total. The highest BCUT2D eigenvalue weighted by atomic mass is 35.5. The quantitative estimate of drug-likeness (QED) is 0.0860. The topological polar surface area (TPSA) is 141 Å². The average Bonchev–Trinajstić information content (AvgIpc) is 3.01. The van der Waals surface area contributed by atoms with Gasteiger partial charge in [0, 0.05) is 77.8 Å². The van der Waals surface area contributed by atoms with Gasteiger partial charge in [-0.25, -0.2) is 9.97 Å². The maximum absolute atomic E-state index is 11.7. The fourth-order valence-corrected chi connectivity index (χ4v) is 3.76. The number of unbranched alkanes of at least 4 members (excludes halogenated alkanes) is 12. The highest BCUT2D eigenvalue weighted by Gasteiger charge is 2.10. The summed E-state index contributed by atoms with van der Waals surface area (Å²) in [5.41, 5.74) is 5.18. The first-order valence-electron chi connectivity index (χ1n) is 15.2. The van der Waals surface area contributed by atoms with Crippen molar-refractivity contribution >= 4 is 80.3 Å². The van der Waals surface area contributed by atoms with Crippen LogP contribution in [-0.4, -0.2) is 36.9 Å². The highest BCUT2D eigenvalue weighted by Crippen LogP contribution is 2.10. The second-order valence-corrected chi connectivity index (χ2v) is 13.7. The summed E-state index contributed by atoms with van der Waals surface area (Å²) in [6.07, 6.45) is 26.9. The molecule has 3 N–H and O–H groups in total. The minimum atomic E-state index is -0.316. The third-order valence-electron chi connectivity index (χ3n) is 5.84. The van der Waals surface area contributed by atoms with Crippen molar-refractivity contribution in [1.82, 2.24) is 19.9 Å². The predicted octanol–water partition coefficient (Wildman–Crippen LogP) is 7.46. The first-order valence-corrected chi connectivity index (χ1v) is 19.5. The van der Waals surface area contributed by atoms with Crippen LogP contribution in [0.15, 0.2) is 37.2 Å². The molecule has 1 amide bonds. The van der Waals surface area contributed by atoms with Crippen molar-refractivity contribution in [3.05, 3.63) is 37.2 Å². The summed E-state index contributed by atoms with van der Waals surface area (Å²) in [7, 11) is 2.34. The number of anilines is 2. The minimum Gasteiger partial charge on any atom is -0.382 e. The lowest BCUT2D eigenvalue weighted by atomic mass is 10.1. The van der Waals surface area contributed by atoms with Crippen LogP contribution >= 0.6 is 11.6 Å². The normalized spacial score (nSPS) is 9.52. The van der Waals surface area contributed by atoms with Gasteiger partial charge >= 0.3 is 0 Å². The summed E-state index contributed by atoms with van der Waals surface area (Å²) in [6, 6.07) is 0. The van der Waals surface area contributed by atoms with Gasteiger partial charge in [-0.1, -0.05) is 90.9 Å². The van der Waals surface area contributed by atoms with Crippen molar-refractivity contribution in [3.8, 4) is 0 Å². The zero-order chi connectivity index (χ0) is 33.1. The smallest absolute Gasteiger partial charge is 0.233 e. The number of hydrogen-bond donors (Lipinski definition) is 2. The van der Waals surface area contributed by atoms with Crippen LogP contribution in [0.5, 0.6) is 0 Å². The van der Waals surface area contributed by atoms with E-state index in [9.17, 15) is 14.4 Å². The molecular formula is C30H49ClN6O3S4. The van der Waals surface area contributed by atoms with Gasteiger partial charge in [0.25, 0.3) is 0 Å². The van der Waals surface area contributed by atoms with Crippen LogP contribution in [0, 0.1) is 0 Å². The Morgan fingerprint density at radius 2 is 1.20 bits per heavy atom. The average molecular weight is 705 g/mol. The molecule has 0 unspecified atom stereocenters. The number of hydrogen-bond acceptors (Lipinski definition) is 10. The first kappa shape index (κ1) is 44.1. The van der Waals surface area contributed by atoms with Crippen molar-refractivity contribution in [3.63, 3.8) is 0 Å². The molecule has 14 heteroatoms. The lowest BCUT2D eigenvalue weighted by Gasteiger charge is -2.03. The molecule has 0 aromatic carbocycles. The molecule has 0 fully saturated rings. The van der Waals surface area contributed by atoms with E-state index in [4.69, 9.17) is 17.3 Å². The Labute approximate surface area is 284 Å². The maximum Gasteiger partial charge on any atom is 0.233 e. The van der Waals surface area contributed by atoms with Crippen molar-refractivity contribution in [2.45, 2.75) is 123 Å². The van der Waals surface area contributed by atoms with Gasteiger partial charge in [-0.2, -0.15) is 0 Å². The van der Waals surface area contributed by atoms with E-state index >= 15 is 0 Å². The van der Waals surface area contributed by atoms with Crippen molar-refractivity contribution in [2.75, 3.05) is 11.1 Å². The molecule has 2 heterocycles. The molecular weight excluding hydrogens is 656 g/mol. The summed E-state index contributed by atoms with van der Waals surface area (Å²) >= 11 is 13.9. The number of nitrogens with two attached hydrogens (primary N) is 1. The number of halogens is 1. The summed E-state index contributed by atoms with van der Waals surface area (Å²) in [4.78, 5) is 48.8. The van der Waals surface area contributed by atoms with Gasteiger partial charge in [0.05, 0.1) is 18.8 Å². The fraction of sp³-hybridized carbons (Fsp3) is 0.633. The number of carbonyl (C=O) groups excluding carboxylic acids is 3. The van der Waals surface area contributed by atoms with E-state index in [2.05, 4.69) is 61.5 Å². The van der Waals surface area contributed by atoms with E-state index in [0.717, 1.165) is 25.7 Å². The molecule has 0 saturated heterocycles.